The molecule has 1 aromatic carbocycles. The van der Waals surface area contributed by atoms with Crippen LogP contribution >= 0.6 is 15.9 Å². The third-order valence-electron chi connectivity index (χ3n) is 4.74. The maximum absolute atomic E-state index is 12.9. The summed E-state index contributed by atoms with van der Waals surface area (Å²) in [7, 11) is 2.96. The van der Waals surface area contributed by atoms with Crippen molar-refractivity contribution in [2.24, 2.45) is 14.1 Å². The van der Waals surface area contributed by atoms with Gasteiger partial charge < -0.3 is 0 Å². The molecule has 0 unspecified atom stereocenters. The number of halogens is 1. The molecule has 0 radical (unpaired) electrons. The topological polar surface area (TPSA) is 78.9 Å². The second-order valence-corrected chi connectivity index (χ2v) is 7.23. The molecule has 0 atom stereocenters. The molecule has 0 bridgehead atoms. The van der Waals surface area contributed by atoms with Gasteiger partial charge in [-0.05, 0) is 59.5 Å². The maximum Gasteiger partial charge on any atom is 0.332 e. The molecule has 0 saturated carbocycles. The molecule has 0 aliphatic rings. The first kappa shape index (κ1) is 18.3. The van der Waals surface area contributed by atoms with Gasteiger partial charge in [-0.15, -0.1) is 0 Å². The summed E-state index contributed by atoms with van der Waals surface area (Å²) in [5, 5.41) is 0. The Morgan fingerprint density at radius 2 is 1.65 bits per heavy atom. The predicted molar refractivity (Wildman–Crippen MR) is 103 cm³/mol. The van der Waals surface area contributed by atoms with E-state index in [-0.39, 0.29) is 17.8 Å². The van der Waals surface area contributed by atoms with Crippen LogP contribution in [0, 0.1) is 20.8 Å². The van der Waals surface area contributed by atoms with Crippen molar-refractivity contribution in [2.45, 2.75) is 27.3 Å². The Kier molecular flexibility index (Phi) is 4.47. The lowest BCUT2D eigenvalue weighted by Crippen LogP contribution is -2.37. The SMILES string of the molecule is Cc1cc(C)c(C(=O)Cn2c(Br)nc3c(=O)n(C)c(=O)n(C)c32)cc1C. The molecule has 2 heterocycles. The first-order valence-electron chi connectivity index (χ1n) is 8.06. The molecule has 3 aromatic rings. The van der Waals surface area contributed by atoms with Crippen molar-refractivity contribution in [2.75, 3.05) is 0 Å². The largest absolute Gasteiger partial charge is 0.332 e. The minimum Gasteiger partial charge on any atom is -0.296 e. The van der Waals surface area contributed by atoms with E-state index in [2.05, 4.69) is 20.9 Å². The number of ketones is 1. The Morgan fingerprint density at radius 3 is 2.31 bits per heavy atom. The minimum atomic E-state index is -0.489. The smallest absolute Gasteiger partial charge is 0.296 e. The van der Waals surface area contributed by atoms with Gasteiger partial charge in [0.2, 0.25) is 0 Å². The van der Waals surface area contributed by atoms with Crippen LogP contribution in [0.1, 0.15) is 27.0 Å². The molecule has 0 amide bonds. The number of imidazole rings is 1. The summed E-state index contributed by atoms with van der Waals surface area (Å²) < 4.78 is 4.21. The summed E-state index contributed by atoms with van der Waals surface area (Å²) >= 11 is 3.31. The Hall–Kier alpha value is -2.48. The van der Waals surface area contributed by atoms with Crippen molar-refractivity contribution in [3.05, 3.63) is 60.0 Å². The quantitative estimate of drug-likeness (QED) is 0.481. The van der Waals surface area contributed by atoms with Gasteiger partial charge in [-0.25, -0.2) is 9.78 Å². The van der Waals surface area contributed by atoms with E-state index in [1.54, 1.807) is 11.6 Å². The van der Waals surface area contributed by atoms with Gasteiger partial charge in [0, 0.05) is 19.7 Å². The number of carbonyl (C=O) groups is 1. The predicted octanol–water partition coefficient (Wildman–Crippen LogP) is 2.00. The summed E-state index contributed by atoms with van der Waals surface area (Å²) in [5.74, 6) is -0.112. The Labute approximate surface area is 158 Å². The average molecular weight is 419 g/mol. The van der Waals surface area contributed by atoms with Crippen LogP contribution in [-0.4, -0.2) is 24.5 Å². The lowest BCUT2D eigenvalue weighted by molar-refractivity contribution is 0.0971. The lowest BCUT2D eigenvalue weighted by Gasteiger charge is -2.12. The summed E-state index contributed by atoms with van der Waals surface area (Å²) in [6.07, 6.45) is 0. The van der Waals surface area contributed by atoms with E-state index in [4.69, 9.17) is 0 Å². The van der Waals surface area contributed by atoms with Crippen molar-refractivity contribution in [3.63, 3.8) is 0 Å². The van der Waals surface area contributed by atoms with E-state index in [1.807, 2.05) is 32.9 Å². The highest BCUT2D eigenvalue weighted by Crippen LogP contribution is 2.20. The standard InChI is InChI=1S/C18H19BrN4O3/c1-9-6-11(3)12(7-10(9)2)13(24)8-23-15-14(20-17(23)19)16(25)22(5)18(26)21(15)4/h6-7H,8H2,1-5H3. The highest BCUT2D eigenvalue weighted by Gasteiger charge is 2.20. The number of hydrogen-bond donors (Lipinski definition) is 0. The summed E-state index contributed by atoms with van der Waals surface area (Å²) in [4.78, 5) is 41.7. The van der Waals surface area contributed by atoms with Gasteiger partial charge >= 0.3 is 5.69 Å². The van der Waals surface area contributed by atoms with Gasteiger partial charge in [0.15, 0.2) is 21.7 Å². The minimum absolute atomic E-state index is 0.0269. The van der Waals surface area contributed by atoms with Crippen LogP contribution in [0.3, 0.4) is 0 Å². The third-order valence-corrected chi connectivity index (χ3v) is 5.34. The molecule has 0 saturated heterocycles. The zero-order valence-electron chi connectivity index (χ0n) is 15.3. The number of rotatable bonds is 3. The Morgan fingerprint density at radius 1 is 1.04 bits per heavy atom. The maximum atomic E-state index is 12.9. The number of hydrogen-bond acceptors (Lipinski definition) is 4. The highest BCUT2D eigenvalue weighted by molar-refractivity contribution is 9.10. The molecular weight excluding hydrogens is 400 g/mol. The van der Waals surface area contributed by atoms with Crippen LogP contribution in [0.25, 0.3) is 11.2 Å². The summed E-state index contributed by atoms with van der Waals surface area (Å²) in [6.45, 7) is 5.83. The van der Waals surface area contributed by atoms with E-state index in [1.165, 1.54) is 11.6 Å². The normalized spacial score (nSPS) is 11.3. The Balaban J connectivity index is 2.17. The highest BCUT2D eigenvalue weighted by atomic mass is 79.9. The molecule has 0 fully saturated rings. The molecule has 136 valence electrons. The number of aromatic nitrogens is 4. The molecule has 0 N–H and O–H groups in total. The van der Waals surface area contributed by atoms with Gasteiger partial charge in [-0.1, -0.05) is 6.07 Å². The van der Waals surface area contributed by atoms with E-state index < -0.39 is 11.2 Å². The monoisotopic (exact) mass is 418 g/mol. The van der Waals surface area contributed by atoms with Gasteiger partial charge in [-0.2, -0.15) is 0 Å². The molecule has 3 rings (SSSR count). The molecular formula is C18H19BrN4O3. The van der Waals surface area contributed by atoms with Crippen molar-refractivity contribution >= 4 is 32.9 Å². The van der Waals surface area contributed by atoms with Crippen LogP contribution in [0.15, 0.2) is 26.5 Å². The molecule has 0 aliphatic carbocycles. The number of aryl methyl sites for hydroxylation is 4. The fourth-order valence-electron chi connectivity index (χ4n) is 3.09. The van der Waals surface area contributed by atoms with E-state index in [9.17, 15) is 14.4 Å². The van der Waals surface area contributed by atoms with Gasteiger partial charge in [0.25, 0.3) is 5.56 Å². The zero-order valence-corrected chi connectivity index (χ0v) is 16.8. The number of nitrogens with zero attached hydrogens (tertiary/aromatic N) is 4. The first-order valence-corrected chi connectivity index (χ1v) is 8.85. The zero-order chi connectivity index (χ0) is 19.3. The van der Waals surface area contributed by atoms with Crippen LogP contribution < -0.4 is 11.2 Å². The lowest BCUT2D eigenvalue weighted by atomic mass is 9.98. The second-order valence-electron chi connectivity index (χ2n) is 6.52. The van der Waals surface area contributed by atoms with Crippen molar-refractivity contribution in [3.8, 4) is 0 Å². The number of Topliss-reactive ketones (excluding diaryl/α,β-unsaturated/α-hetero) is 1. The third kappa shape index (κ3) is 2.74. The van der Waals surface area contributed by atoms with Crippen molar-refractivity contribution < 1.29 is 4.79 Å². The van der Waals surface area contributed by atoms with Crippen LogP contribution in [-0.2, 0) is 20.6 Å². The van der Waals surface area contributed by atoms with E-state index in [0.29, 0.717) is 15.9 Å². The fraction of sp³-hybridized carbons (Fsp3) is 0.333. The average Bonchev–Trinajstić information content (AvgIpc) is 2.91. The second kappa shape index (κ2) is 6.35. The van der Waals surface area contributed by atoms with Crippen LogP contribution in [0.4, 0.5) is 0 Å². The molecule has 2 aromatic heterocycles. The molecule has 8 heteroatoms. The molecule has 7 nitrogen and oxygen atoms in total. The van der Waals surface area contributed by atoms with Gasteiger partial charge in [-0.3, -0.25) is 23.3 Å². The van der Waals surface area contributed by atoms with Crippen LogP contribution in [0.2, 0.25) is 0 Å². The van der Waals surface area contributed by atoms with E-state index >= 15 is 0 Å². The van der Waals surface area contributed by atoms with Crippen molar-refractivity contribution in [1.82, 2.24) is 18.7 Å². The fourth-order valence-corrected chi connectivity index (χ4v) is 3.56. The number of benzene rings is 1. The molecule has 26 heavy (non-hydrogen) atoms. The molecule has 0 spiro atoms. The van der Waals surface area contributed by atoms with Gasteiger partial charge in [0.1, 0.15) is 0 Å². The summed E-state index contributed by atoms with van der Waals surface area (Å²) in [5.41, 5.74) is 3.18. The number of carbonyl (C=O) groups excluding carboxylic acids is 1. The molecule has 0 aliphatic heterocycles. The van der Waals surface area contributed by atoms with Crippen molar-refractivity contribution in [1.29, 1.82) is 0 Å². The van der Waals surface area contributed by atoms with Gasteiger partial charge in [0.05, 0.1) is 6.54 Å². The Bertz CT molecular complexity index is 1180. The number of fused-ring (bicyclic) bond motifs is 1. The first-order chi connectivity index (χ1) is 12.1. The van der Waals surface area contributed by atoms with Crippen LogP contribution in [0.5, 0.6) is 0 Å². The summed E-state index contributed by atoms with van der Waals surface area (Å²) in [6, 6.07) is 3.85. The van der Waals surface area contributed by atoms with E-state index in [0.717, 1.165) is 21.3 Å².